The van der Waals surface area contributed by atoms with Gasteiger partial charge in [0.15, 0.2) is 16.1 Å². The molecule has 3 rings (SSSR count). The third kappa shape index (κ3) is 5.40. The Kier molecular flexibility index (Phi) is 8.10. The number of ether oxygens (including phenoxy) is 2. The number of thiazole rings is 1. The molecule has 3 aromatic rings. The standard InChI is InChI=1S/C20H22ClN5O4S2/c1-5-26-17(13-9-12(21)7-8-14(13)29-4)24-25-20(26)31-10-15(27)23-19-22-11(3)16(32-19)18(28)30-6-2/h7-9H,5-6,10H2,1-4H3,(H,22,23,27). The summed E-state index contributed by atoms with van der Waals surface area (Å²) in [5.74, 6) is 0.605. The molecule has 0 aliphatic rings. The summed E-state index contributed by atoms with van der Waals surface area (Å²) in [6.45, 7) is 6.26. The molecule has 12 heteroatoms. The fourth-order valence-corrected chi connectivity index (χ4v) is 4.71. The molecule has 0 fully saturated rings. The highest BCUT2D eigenvalue weighted by atomic mass is 35.5. The summed E-state index contributed by atoms with van der Waals surface area (Å²) in [6, 6.07) is 5.28. The molecule has 0 aliphatic heterocycles. The number of halogens is 1. The van der Waals surface area contributed by atoms with Crippen LogP contribution in [0.5, 0.6) is 5.75 Å². The largest absolute Gasteiger partial charge is 0.496 e. The van der Waals surface area contributed by atoms with E-state index < -0.39 is 5.97 Å². The summed E-state index contributed by atoms with van der Waals surface area (Å²) in [4.78, 5) is 29.0. The first-order chi connectivity index (χ1) is 15.4. The molecule has 170 valence electrons. The summed E-state index contributed by atoms with van der Waals surface area (Å²) in [7, 11) is 1.58. The number of benzene rings is 1. The summed E-state index contributed by atoms with van der Waals surface area (Å²) < 4.78 is 12.3. The van der Waals surface area contributed by atoms with Crippen LogP contribution in [0.1, 0.15) is 29.2 Å². The van der Waals surface area contributed by atoms with Crippen molar-refractivity contribution in [1.82, 2.24) is 19.7 Å². The molecule has 0 unspecified atom stereocenters. The first-order valence-corrected chi connectivity index (χ1v) is 11.9. The number of rotatable bonds is 9. The third-order valence-electron chi connectivity index (χ3n) is 4.27. The van der Waals surface area contributed by atoms with Crippen LogP contribution in [0, 0.1) is 6.92 Å². The van der Waals surface area contributed by atoms with E-state index in [1.54, 1.807) is 39.2 Å². The summed E-state index contributed by atoms with van der Waals surface area (Å²) in [5.41, 5.74) is 1.23. The second kappa shape index (κ2) is 10.8. The second-order valence-corrected chi connectivity index (χ2v) is 8.76. The third-order valence-corrected chi connectivity index (χ3v) is 6.53. The number of carbonyl (C=O) groups is 2. The van der Waals surface area contributed by atoms with Crippen LogP contribution in [0.3, 0.4) is 0 Å². The van der Waals surface area contributed by atoms with E-state index in [-0.39, 0.29) is 18.3 Å². The minimum Gasteiger partial charge on any atom is -0.496 e. The lowest BCUT2D eigenvalue weighted by atomic mass is 10.2. The number of hydrogen-bond donors (Lipinski definition) is 1. The summed E-state index contributed by atoms with van der Waals surface area (Å²) in [6.07, 6.45) is 0. The zero-order valence-corrected chi connectivity index (χ0v) is 20.4. The van der Waals surface area contributed by atoms with E-state index in [0.717, 1.165) is 16.9 Å². The number of esters is 1. The monoisotopic (exact) mass is 495 g/mol. The molecule has 0 atom stereocenters. The zero-order valence-electron chi connectivity index (χ0n) is 18.0. The van der Waals surface area contributed by atoms with Crippen molar-refractivity contribution in [2.75, 3.05) is 24.8 Å². The van der Waals surface area contributed by atoms with Crippen molar-refractivity contribution in [1.29, 1.82) is 0 Å². The highest BCUT2D eigenvalue weighted by Gasteiger charge is 2.20. The molecule has 0 aliphatic carbocycles. The van der Waals surface area contributed by atoms with Crippen molar-refractivity contribution in [2.45, 2.75) is 32.5 Å². The van der Waals surface area contributed by atoms with Gasteiger partial charge in [0.05, 0.1) is 30.7 Å². The van der Waals surface area contributed by atoms with Crippen LogP contribution in [-0.2, 0) is 16.1 Å². The molecule has 32 heavy (non-hydrogen) atoms. The number of methoxy groups -OCH3 is 1. The number of hydrogen-bond acceptors (Lipinski definition) is 9. The smallest absolute Gasteiger partial charge is 0.350 e. The molecule has 1 N–H and O–H groups in total. The van der Waals surface area contributed by atoms with Gasteiger partial charge in [-0.15, -0.1) is 10.2 Å². The number of aromatic nitrogens is 4. The van der Waals surface area contributed by atoms with Crippen molar-refractivity contribution in [3.8, 4) is 17.1 Å². The van der Waals surface area contributed by atoms with Crippen LogP contribution in [0.25, 0.3) is 11.4 Å². The summed E-state index contributed by atoms with van der Waals surface area (Å²) >= 11 is 8.48. The SMILES string of the molecule is CCOC(=O)c1sc(NC(=O)CSc2nnc(-c3cc(Cl)ccc3OC)n2CC)nc1C. The van der Waals surface area contributed by atoms with Gasteiger partial charge in [0.2, 0.25) is 5.91 Å². The average molecular weight is 496 g/mol. The van der Waals surface area contributed by atoms with E-state index >= 15 is 0 Å². The molecule has 0 spiro atoms. The molecular formula is C20H22ClN5O4S2. The quantitative estimate of drug-likeness (QED) is 0.345. The van der Waals surface area contributed by atoms with E-state index in [9.17, 15) is 9.59 Å². The molecular weight excluding hydrogens is 474 g/mol. The van der Waals surface area contributed by atoms with E-state index in [1.165, 1.54) is 11.8 Å². The number of thioether (sulfide) groups is 1. The minimum absolute atomic E-state index is 0.0954. The summed E-state index contributed by atoms with van der Waals surface area (Å²) in [5, 5.41) is 12.7. The predicted octanol–water partition coefficient (Wildman–Crippen LogP) is 4.30. The lowest BCUT2D eigenvalue weighted by Crippen LogP contribution is -2.14. The maximum atomic E-state index is 12.4. The first kappa shape index (κ1) is 24.0. The van der Waals surface area contributed by atoms with Gasteiger partial charge in [-0.3, -0.25) is 4.79 Å². The van der Waals surface area contributed by atoms with Gasteiger partial charge in [0.1, 0.15) is 10.6 Å². The van der Waals surface area contributed by atoms with Crippen molar-refractivity contribution in [3.05, 3.63) is 33.8 Å². The molecule has 2 heterocycles. The first-order valence-electron chi connectivity index (χ1n) is 9.72. The lowest BCUT2D eigenvalue weighted by Gasteiger charge is -2.11. The topological polar surface area (TPSA) is 108 Å². The number of anilines is 1. The van der Waals surface area contributed by atoms with Crippen molar-refractivity contribution in [3.63, 3.8) is 0 Å². The van der Waals surface area contributed by atoms with Gasteiger partial charge >= 0.3 is 5.97 Å². The van der Waals surface area contributed by atoms with E-state index in [0.29, 0.717) is 44.0 Å². The van der Waals surface area contributed by atoms with Crippen LogP contribution in [0.2, 0.25) is 5.02 Å². The van der Waals surface area contributed by atoms with Crippen LogP contribution in [0.15, 0.2) is 23.4 Å². The lowest BCUT2D eigenvalue weighted by molar-refractivity contribution is -0.113. The fraction of sp³-hybridized carbons (Fsp3) is 0.350. The number of amides is 1. The molecule has 0 saturated heterocycles. The molecule has 1 amide bonds. The highest BCUT2D eigenvalue weighted by molar-refractivity contribution is 7.99. The van der Waals surface area contributed by atoms with Crippen LogP contribution < -0.4 is 10.1 Å². The van der Waals surface area contributed by atoms with Crippen molar-refractivity contribution in [2.24, 2.45) is 0 Å². The Hall–Kier alpha value is -2.63. The highest BCUT2D eigenvalue weighted by Crippen LogP contribution is 2.33. The van der Waals surface area contributed by atoms with E-state index in [4.69, 9.17) is 21.1 Å². The van der Waals surface area contributed by atoms with Gasteiger partial charge in [0.25, 0.3) is 0 Å². The van der Waals surface area contributed by atoms with Crippen LogP contribution in [0.4, 0.5) is 5.13 Å². The van der Waals surface area contributed by atoms with Gasteiger partial charge < -0.3 is 19.4 Å². The number of aryl methyl sites for hydroxylation is 1. The predicted molar refractivity (Wildman–Crippen MR) is 125 cm³/mol. The fourth-order valence-electron chi connectivity index (χ4n) is 2.86. The maximum Gasteiger partial charge on any atom is 0.350 e. The average Bonchev–Trinajstić information content (AvgIpc) is 3.34. The molecule has 1 aromatic carbocycles. The Balaban J connectivity index is 1.70. The number of nitrogens with one attached hydrogen (secondary N) is 1. The van der Waals surface area contributed by atoms with Gasteiger partial charge in [-0.1, -0.05) is 34.7 Å². The molecule has 0 bridgehead atoms. The molecule has 0 radical (unpaired) electrons. The normalized spacial score (nSPS) is 10.8. The van der Waals surface area contributed by atoms with Gasteiger partial charge in [-0.25, -0.2) is 9.78 Å². The van der Waals surface area contributed by atoms with Gasteiger partial charge in [0, 0.05) is 11.6 Å². The number of carbonyl (C=O) groups excluding carboxylic acids is 2. The zero-order chi connectivity index (χ0) is 23.3. The Morgan fingerprint density at radius 1 is 1.28 bits per heavy atom. The molecule has 9 nitrogen and oxygen atoms in total. The maximum absolute atomic E-state index is 12.4. The Bertz CT molecular complexity index is 1130. The second-order valence-electron chi connectivity index (χ2n) is 6.39. The minimum atomic E-state index is -0.447. The molecule has 0 saturated carbocycles. The Morgan fingerprint density at radius 3 is 2.75 bits per heavy atom. The van der Waals surface area contributed by atoms with E-state index in [2.05, 4.69) is 20.5 Å². The van der Waals surface area contributed by atoms with Crippen molar-refractivity contribution < 1.29 is 19.1 Å². The van der Waals surface area contributed by atoms with Crippen LogP contribution >= 0.6 is 34.7 Å². The van der Waals surface area contributed by atoms with Crippen LogP contribution in [-0.4, -0.2) is 51.1 Å². The van der Waals surface area contributed by atoms with Gasteiger partial charge in [-0.05, 0) is 39.0 Å². The Labute approximate surface area is 198 Å². The van der Waals surface area contributed by atoms with Gasteiger partial charge in [-0.2, -0.15) is 0 Å². The number of nitrogens with zero attached hydrogens (tertiary/aromatic N) is 4. The van der Waals surface area contributed by atoms with E-state index in [1.807, 2.05) is 11.5 Å². The Morgan fingerprint density at radius 2 is 2.06 bits per heavy atom. The molecule has 2 aromatic heterocycles. The van der Waals surface area contributed by atoms with Crippen molar-refractivity contribution >= 4 is 51.7 Å².